The van der Waals surface area contributed by atoms with E-state index < -0.39 is 11.9 Å². The Morgan fingerprint density at radius 1 is 0.939 bits per heavy atom. The molecular formula is C24H19Br2N3O4. The first kappa shape index (κ1) is 24.3. The molecule has 3 aromatic carbocycles. The van der Waals surface area contributed by atoms with E-state index in [0.717, 1.165) is 14.5 Å². The highest BCUT2D eigenvalue weighted by molar-refractivity contribution is 9.10. The molecule has 0 aliphatic rings. The quantitative estimate of drug-likeness (QED) is 0.187. The van der Waals surface area contributed by atoms with Crippen LogP contribution in [-0.4, -0.2) is 30.5 Å². The predicted molar refractivity (Wildman–Crippen MR) is 132 cm³/mol. The van der Waals surface area contributed by atoms with Gasteiger partial charge in [0.25, 0.3) is 11.8 Å². The monoisotopic (exact) mass is 571 g/mol. The van der Waals surface area contributed by atoms with Crippen molar-refractivity contribution in [3.8, 4) is 5.75 Å². The Kier molecular flexibility index (Phi) is 8.51. The van der Waals surface area contributed by atoms with Gasteiger partial charge in [-0.15, -0.1) is 0 Å². The maximum Gasteiger partial charge on any atom is 0.343 e. The first-order valence-corrected chi connectivity index (χ1v) is 11.3. The summed E-state index contributed by atoms with van der Waals surface area (Å²) in [5.41, 5.74) is 4.69. The van der Waals surface area contributed by atoms with Gasteiger partial charge in [0.2, 0.25) is 0 Å². The highest BCUT2D eigenvalue weighted by atomic mass is 79.9. The summed E-state index contributed by atoms with van der Waals surface area (Å²) in [7, 11) is 0. The average molecular weight is 573 g/mol. The maximum atomic E-state index is 12.4. The van der Waals surface area contributed by atoms with E-state index in [9.17, 15) is 14.4 Å². The molecular weight excluding hydrogens is 554 g/mol. The van der Waals surface area contributed by atoms with Gasteiger partial charge in [-0.25, -0.2) is 10.2 Å². The number of aryl methyl sites for hydroxylation is 1. The van der Waals surface area contributed by atoms with E-state index in [0.29, 0.717) is 16.7 Å². The highest BCUT2D eigenvalue weighted by Gasteiger charge is 2.12. The summed E-state index contributed by atoms with van der Waals surface area (Å²) in [6.07, 6.45) is 1.36. The summed E-state index contributed by atoms with van der Waals surface area (Å²) in [6, 6.07) is 18.9. The first-order valence-electron chi connectivity index (χ1n) is 9.76. The van der Waals surface area contributed by atoms with Gasteiger partial charge in [0.15, 0.2) is 0 Å². The highest BCUT2D eigenvalue weighted by Crippen LogP contribution is 2.23. The van der Waals surface area contributed by atoms with Gasteiger partial charge in [-0.3, -0.25) is 9.59 Å². The van der Waals surface area contributed by atoms with Crippen LogP contribution in [0, 0.1) is 6.92 Å². The van der Waals surface area contributed by atoms with Crippen molar-refractivity contribution in [1.82, 2.24) is 10.7 Å². The molecule has 0 bridgehead atoms. The molecule has 0 saturated carbocycles. The van der Waals surface area contributed by atoms with E-state index in [2.05, 4.69) is 47.7 Å². The predicted octanol–water partition coefficient (Wildman–Crippen LogP) is 4.62. The van der Waals surface area contributed by atoms with Crippen LogP contribution in [0.15, 0.2) is 80.8 Å². The van der Waals surface area contributed by atoms with E-state index in [4.69, 9.17) is 4.74 Å². The number of nitrogens with one attached hydrogen (secondary N) is 2. The molecule has 2 amide bonds. The van der Waals surface area contributed by atoms with Crippen molar-refractivity contribution >= 4 is 55.9 Å². The lowest BCUT2D eigenvalue weighted by Crippen LogP contribution is -2.34. The smallest absolute Gasteiger partial charge is 0.343 e. The summed E-state index contributed by atoms with van der Waals surface area (Å²) < 4.78 is 7.00. The van der Waals surface area contributed by atoms with Gasteiger partial charge in [0.1, 0.15) is 5.75 Å². The van der Waals surface area contributed by atoms with Gasteiger partial charge in [0, 0.05) is 20.1 Å². The van der Waals surface area contributed by atoms with Crippen LogP contribution in [0.25, 0.3) is 0 Å². The van der Waals surface area contributed by atoms with E-state index in [1.54, 1.807) is 54.6 Å². The minimum Gasteiger partial charge on any atom is -0.422 e. The summed E-state index contributed by atoms with van der Waals surface area (Å²) in [5.74, 6) is -1.12. The Bertz CT molecular complexity index is 1210. The van der Waals surface area contributed by atoms with Gasteiger partial charge in [-0.1, -0.05) is 55.6 Å². The lowest BCUT2D eigenvalue weighted by atomic mass is 10.1. The second-order valence-electron chi connectivity index (χ2n) is 6.92. The molecule has 0 atom stereocenters. The van der Waals surface area contributed by atoms with Gasteiger partial charge >= 0.3 is 5.97 Å². The number of amides is 2. The molecule has 33 heavy (non-hydrogen) atoms. The maximum absolute atomic E-state index is 12.4. The Balaban J connectivity index is 1.59. The van der Waals surface area contributed by atoms with Crippen LogP contribution in [-0.2, 0) is 4.79 Å². The molecule has 0 radical (unpaired) electrons. The number of esters is 1. The number of carbonyl (C=O) groups excluding carboxylic acids is 3. The summed E-state index contributed by atoms with van der Waals surface area (Å²) in [6.45, 7) is 1.68. The van der Waals surface area contributed by atoms with Crippen molar-refractivity contribution in [3.63, 3.8) is 0 Å². The fourth-order valence-electron chi connectivity index (χ4n) is 2.67. The molecule has 2 N–H and O–H groups in total. The van der Waals surface area contributed by atoms with Crippen LogP contribution in [0.4, 0.5) is 0 Å². The zero-order chi connectivity index (χ0) is 23.8. The molecule has 0 saturated heterocycles. The number of benzene rings is 3. The second-order valence-corrected chi connectivity index (χ2v) is 8.76. The molecule has 0 fully saturated rings. The molecule has 7 nitrogen and oxygen atoms in total. The van der Waals surface area contributed by atoms with Gasteiger partial charge in [-0.2, -0.15) is 5.10 Å². The Labute approximate surface area is 207 Å². The molecule has 0 heterocycles. The largest absolute Gasteiger partial charge is 0.422 e. The number of hydrazone groups is 1. The third-order valence-electron chi connectivity index (χ3n) is 4.35. The Morgan fingerprint density at radius 3 is 2.39 bits per heavy atom. The minimum atomic E-state index is -0.511. The zero-order valence-electron chi connectivity index (χ0n) is 17.5. The number of hydrogen-bond donors (Lipinski definition) is 2. The molecule has 0 spiro atoms. The van der Waals surface area contributed by atoms with Crippen molar-refractivity contribution in [2.24, 2.45) is 5.10 Å². The van der Waals surface area contributed by atoms with Crippen LogP contribution in [0.2, 0.25) is 0 Å². The second kappa shape index (κ2) is 11.5. The van der Waals surface area contributed by atoms with Gasteiger partial charge < -0.3 is 10.1 Å². The molecule has 0 unspecified atom stereocenters. The number of hydrogen-bond acceptors (Lipinski definition) is 5. The van der Waals surface area contributed by atoms with Crippen LogP contribution in [0.1, 0.15) is 31.8 Å². The third-order valence-corrected chi connectivity index (χ3v) is 5.34. The molecule has 3 rings (SSSR count). The molecule has 0 aliphatic carbocycles. The van der Waals surface area contributed by atoms with E-state index >= 15 is 0 Å². The van der Waals surface area contributed by atoms with Crippen molar-refractivity contribution in [2.75, 3.05) is 6.54 Å². The van der Waals surface area contributed by atoms with Crippen molar-refractivity contribution < 1.29 is 19.1 Å². The minimum absolute atomic E-state index is 0.254. The molecule has 0 aliphatic heterocycles. The van der Waals surface area contributed by atoms with E-state index in [1.165, 1.54) is 6.21 Å². The van der Waals surface area contributed by atoms with Crippen LogP contribution >= 0.6 is 31.9 Å². The fourth-order valence-corrected chi connectivity index (χ4v) is 3.45. The van der Waals surface area contributed by atoms with Gasteiger partial charge in [0.05, 0.1) is 18.3 Å². The van der Waals surface area contributed by atoms with Gasteiger partial charge in [-0.05, 0) is 55.5 Å². The normalized spacial score (nSPS) is 10.6. The number of halogens is 2. The van der Waals surface area contributed by atoms with Crippen molar-refractivity contribution in [3.05, 3.63) is 97.9 Å². The standard InChI is InChI=1S/C24H19Br2N3O4/c1-15-5-7-16(8-6-15)24(32)33-21-10-9-20(26)12-18(21)13-28-29-22(30)14-27-23(31)17-3-2-4-19(25)11-17/h2-13H,14H2,1H3,(H,27,31)(H,29,30)/b28-13-. The lowest BCUT2D eigenvalue weighted by Gasteiger charge is -2.08. The summed E-state index contributed by atoms with van der Waals surface area (Å²) in [5, 5.41) is 6.43. The molecule has 168 valence electrons. The van der Waals surface area contributed by atoms with Crippen molar-refractivity contribution in [1.29, 1.82) is 0 Å². The molecule has 0 aromatic heterocycles. The van der Waals surface area contributed by atoms with Crippen LogP contribution in [0.3, 0.4) is 0 Å². The Hall–Kier alpha value is -3.30. The molecule has 9 heteroatoms. The molecule has 3 aromatic rings. The van der Waals surface area contributed by atoms with Crippen molar-refractivity contribution in [2.45, 2.75) is 6.92 Å². The van der Waals surface area contributed by atoms with E-state index in [-0.39, 0.29) is 18.2 Å². The number of carbonyl (C=O) groups is 3. The van der Waals surface area contributed by atoms with E-state index in [1.807, 2.05) is 19.1 Å². The van der Waals surface area contributed by atoms with Crippen LogP contribution < -0.4 is 15.5 Å². The van der Waals surface area contributed by atoms with Crippen LogP contribution in [0.5, 0.6) is 5.75 Å². The summed E-state index contributed by atoms with van der Waals surface area (Å²) >= 11 is 6.66. The first-order chi connectivity index (χ1) is 15.8. The Morgan fingerprint density at radius 2 is 1.67 bits per heavy atom. The topological polar surface area (TPSA) is 96.9 Å². The number of rotatable bonds is 7. The number of nitrogens with zero attached hydrogens (tertiary/aromatic N) is 1. The average Bonchev–Trinajstić information content (AvgIpc) is 2.79. The lowest BCUT2D eigenvalue weighted by molar-refractivity contribution is -0.120. The third kappa shape index (κ3) is 7.37. The SMILES string of the molecule is Cc1ccc(C(=O)Oc2ccc(Br)cc2/C=N\NC(=O)CNC(=O)c2cccc(Br)c2)cc1. The fraction of sp³-hybridized carbons (Fsp3) is 0.0833. The summed E-state index contributed by atoms with van der Waals surface area (Å²) in [4.78, 5) is 36.6. The number of ether oxygens (including phenoxy) is 1. The zero-order valence-corrected chi connectivity index (χ0v) is 20.6.